The molecular formula is C33H25N5O5S2. The van der Waals surface area contributed by atoms with Gasteiger partial charge in [-0.3, -0.25) is 9.97 Å². The highest BCUT2D eigenvalue weighted by Gasteiger charge is 2.17. The van der Waals surface area contributed by atoms with Gasteiger partial charge in [-0.1, -0.05) is 41.6 Å². The number of ether oxygens (including phenoxy) is 2. The zero-order valence-electron chi connectivity index (χ0n) is 23.6. The smallest absolute Gasteiger partial charge is 0.350 e. The van der Waals surface area contributed by atoms with Crippen LogP contribution in [-0.2, 0) is 22.8 Å². The topological polar surface area (TPSA) is 129 Å². The van der Waals surface area contributed by atoms with Gasteiger partial charge in [0.25, 0.3) is 0 Å². The maximum Gasteiger partial charge on any atom is 0.350 e. The molecule has 4 heterocycles. The Bertz CT molecular complexity index is 1740. The van der Waals surface area contributed by atoms with Crippen LogP contribution in [0, 0.1) is 0 Å². The molecule has 0 atom stereocenters. The van der Waals surface area contributed by atoms with Gasteiger partial charge in [0.2, 0.25) is 0 Å². The molecule has 12 heteroatoms. The molecule has 10 nitrogen and oxygen atoms in total. The van der Waals surface area contributed by atoms with Crippen molar-refractivity contribution >= 4 is 34.9 Å². The van der Waals surface area contributed by atoms with Crippen molar-refractivity contribution < 1.29 is 24.2 Å². The first-order valence-corrected chi connectivity index (χ1v) is 15.5. The van der Waals surface area contributed by atoms with Crippen LogP contribution in [0.4, 0.5) is 0 Å². The van der Waals surface area contributed by atoms with Gasteiger partial charge in [0.1, 0.15) is 34.7 Å². The average Bonchev–Trinajstić information content (AvgIpc) is 3.77. The lowest BCUT2D eigenvalue weighted by Crippen LogP contribution is -2.05. The van der Waals surface area contributed by atoms with Crippen LogP contribution < -0.4 is 9.47 Å². The Morgan fingerprint density at radius 2 is 1.20 bits per heavy atom. The quantitative estimate of drug-likeness (QED) is 0.105. The minimum atomic E-state index is -1.21. The number of nitrogens with zero attached hydrogens (tertiary/aromatic N) is 5. The number of thiazole rings is 2. The van der Waals surface area contributed by atoms with Crippen LogP contribution in [0.1, 0.15) is 27.2 Å². The summed E-state index contributed by atoms with van der Waals surface area (Å²) in [7, 11) is 0. The third-order valence-corrected chi connectivity index (χ3v) is 8.02. The SMILES string of the molecule is O=C(O)C=NOC(c1ccc(OCc2nc(-c3ccccn3)cs2)cc1)c1ccc(OCc2nc(-c3ccccn3)cs2)cc1. The lowest BCUT2D eigenvalue weighted by Gasteiger charge is -2.17. The molecule has 0 radical (unpaired) electrons. The van der Waals surface area contributed by atoms with Crippen molar-refractivity contribution in [2.24, 2.45) is 5.16 Å². The summed E-state index contributed by atoms with van der Waals surface area (Å²) in [5, 5.41) is 18.2. The number of benzene rings is 2. The summed E-state index contributed by atoms with van der Waals surface area (Å²) in [6.45, 7) is 0.624. The van der Waals surface area contributed by atoms with Crippen LogP contribution in [0.15, 0.2) is 113 Å². The van der Waals surface area contributed by atoms with E-state index in [0.29, 0.717) is 30.9 Å². The average molecular weight is 636 g/mol. The summed E-state index contributed by atoms with van der Waals surface area (Å²) < 4.78 is 11.9. The second-order valence-electron chi connectivity index (χ2n) is 9.46. The Kier molecular flexibility index (Phi) is 9.43. The van der Waals surface area contributed by atoms with Crippen LogP contribution in [0.5, 0.6) is 11.5 Å². The maximum atomic E-state index is 11.0. The summed E-state index contributed by atoms with van der Waals surface area (Å²) in [6, 6.07) is 26.1. The van der Waals surface area contributed by atoms with Gasteiger partial charge in [-0.05, 0) is 59.7 Å². The normalized spacial score (nSPS) is 11.1. The largest absolute Gasteiger partial charge is 0.486 e. The first-order chi connectivity index (χ1) is 22.1. The fourth-order valence-corrected chi connectivity index (χ4v) is 5.63. The van der Waals surface area contributed by atoms with Gasteiger partial charge in [-0.25, -0.2) is 14.8 Å². The van der Waals surface area contributed by atoms with Gasteiger partial charge >= 0.3 is 5.97 Å². The minimum absolute atomic E-state index is 0.312. The molecule has 0 amide bonds. The van der Waals surface area contributed by atoms with E-state index in [1.54, 1.807) is 12.4 Å². The standard InChI is InChI=1S/C33H25N5O5S2/c39-32(40)17-36-43-33(22-7-11-24(12-8-22)41-18-30-37-28(20-44-30)26-5-1-3-15-34-26)23-9-13-25(14-10-23)42-19-31-38-29(21-45-31)27-6-2-4-16-35-27/h1-17,20-21,33H,18-19H2,(H,39,40). The summed E-state index contributed by atoms with van der Waals surface area (Å²) in [4.78, 5) is 34.5. The number of oxime groups is 1. The van der Waals surface area contributed by atoms with Gasteiger partial charge in [-0.15, -0.1) is 22.7 Å². The van der Waals surface area contributed by atoms with Gasteiger partial charge in [-0.2, -0.15) is 0 Å². The Morgan fingerprint density at radius 3 is 1.62 bits per heavy atom. The molecule has 0 saturated heterocycles. The van der Waals surface area contributed by atoms with Crippen LogP contribution in [0.25, 0.3) is 22.8 Å². The van der Waals surface area contributed by atoms with Crippen molar-refractivity contribution in [2.45, 2.75) is 19.3 Å². The van der Waals surface area contributed by atoms with Crippen molar-refractivity contribution in [2.75, 3.05) is 0 Å². The van der Waals surface area contributed by atoms with Crippen LogP contribution >= 0.6 is 22.7 Å². The lowest BCUT2D eigenvalue weighted by atomic mass is 10.0. The Hall–Kier alpha value is -5.46. The molecule has 2 aromatic carbocycles. The number of hydrogen-bond acceptors (Lipinski definition) is 11. The predicted octanol–water partition coefficient (Wildman–Crippen LogP) is 7.06. The van der Waals surface area contributed by atoms with Crippen LogP contribution in [0.2, 0.25) is 0 Å². The molecular weight excluding hydrogens is 611 g/mol. The second-order valence-corrected chi connectivity index (χ2v) is 11.3. The molecule has 4 aromatic heterocycles. The number of pyridine rings is 2. The molecule has 0 aliphatic carbocycles. The van der Waals surface area contributed by atoms with E-state index in [4.69, 9.17) is 19.4 Å². The van der Waals surface area contributed by atoms with E-state index in [0.717, 1.165) is 43.9 Å². The van der Waals surface area contributed by atoms with Crippen molar-refractivity contribution in [3.05, 3.63) is 129 Å². The molecule has 6 rings (SSSR count). The first kappa shape index (κ1) is 29.6. The van der Waals surface area contributed by atoms with Crippen LogP contribution in [-0.4, -0.2) is 37.2 Å². The molecule has 0 saturated carbocycles. The number of carbonyl (C=O) groups is 1. The molecule has 45 heavy (non-hydrogen) atoms. The first-order valence-electron chi connectivity index (χ1n) is 13.7. The highest BCUT2D eigenvalue weighted by molar-refractivity contribution is 7.10. The fourth-order valence-electron chi connectivity index (χ4n) is 4.24. The number of rotatable bonds is 13. The van der Waals surface area contributed by atoms with Crippen molar-refractivity contribution in [1.82, 2.24) is 19.9 Å². The number of carboxylic acids is 1. The highest BCUT2D eigenvalue weighted by Crippen LogP contribution is 2.30. The molecule has 0 spiro atoms. The maximum absolute atomic E-state index is 11.0. The predicted molar refractivity (Wildman–Crippen MR) is 171 cm³/mol. The molecule has 0 unspecified atom stereocenters. The van der Waals surface area contributed by atoms with E-state index in [-0.39, 0.29) is 0 Å². The molecule has 0 aliphatic heterocycles. The van der Waals surface area contributed by atoms with E-state index in [9.17, 15) is 4.79 Å². The van der Waals surface area contributed by atoms with Gasteiger partial charge in [0.15, 0.2) is 12.3 Å². The Labute approximate surface area is 266 Å². The third kappa shape index (κ3) is 7.93. The van der Waals surface area contributed by atoms with Gasteiger partial charge in [0, 0.05) is 23.2 Å². The minimum Gasteiger partial charge on any atom is -0.486 e. The van der Waals surface area contributed by atoms with E-state index >= 15 is 0 Å². The molecule has 0 aliphatic rings. The molecule has 224 valence electrons. The number of aliphatic carboxylic acids is 1. The van der Waals surface area contributed by atoms with E-state index in [2.05, 4.69) is 25.1 Å². The van der Waals surface area contributed by atoms with Gasteiger partial charge in [0.05, 0.1) is 22.8 Å². The zero-order chi connectivity index (χ0) is 30.8. The second kappa shape index (κ2) is 14.3. The van der Waals surface area contributed by atoms with Crippen molar-refractivity contribution in [3.63, 3.8) is 0 Å². The lowest BCUT2D eigenvalue weighted by molar-refractivity contribution is -0.129. The molecule has 6 aromatic rings. The van der Waals surface area contributed by atoms with E-state index in [1.165, 1.54) is 22.7 Å². The summed E-state index contributed by atoms with van der Waals surface area (Å²) in [6.07, 6.45) is 3.52. The van der Waals surface area contributed by atoms with E-state index in [1.807, 2.05) is 95.7 Å². The number of hydrogen-bond donors (Lipinski definition) is 1. The summed E-state index contributed by atoms with van der Waals surface area (Å²) in [5.74, 6) is 0.0968. The van der Waals surface area contributed by atoms with Crippen molar-refractivity contribution in [1.29, 1.82) is 0 Å². The Balaban J connectivity index is 1.09. The Morgan fingerprint density at radius 1 is 0.711 bits per heavy atom. The summed E-state index contributed by atoms with van der Waals surface area (Å²) >= 11 is 3.02. The van der Waals surface area contributed by atoms with Crippen molar-refractivity contribution in [3.8, 4) is 34.3 Å². The molecule has 1 N–H and O–H groups in total. The van der Waals surface area contributed by atoms with Gasteiger partial charge < -0.3 is 19.4 Å². The highest BCUT2D eigenvalue weighted by atomic mass is 32.1. The zero-order valence-corrected chi connectivity index (χ0v) is 25.2. The number of aromatic nitrogens is 4. The fraction of sp³-hybridized carbons (Fsp3) is 0.0909. The number of carboxylic acid groups (broad SMARTS) is 1. The molecule has 0 fully saturated rings. The molecule has 0 bridgehead atoms. The third-order valence-electron chi connectivity index (χ3n) is 6.38. The van der Waals surface area contributed by atoms with E-state index < -0.39 is 12.1 Å². The summed E-state index contributed by atoms with van der Waals surface area (Å²) in [5.41, 5.74) is 4.77. The van der Waals surface area contributed by atoms with Crippen LogP contribution in [0.3, 0.4) is 0 Å². The monoisotopic (exact) mass is 635 g/mol.